The van der Waals surface area contributed by atoms with Gasteiger partial charge in [0.15, 0.2) is 12.6 Å². The zero-order valence-electron chi connectivity index (χ0n) is 25.5. The smallest absolute Gasteiger partial charge is 0.187 e. The summed E-state index contributed by atoms with van der Waals surface area (Å²) in [4.78, 5) is 0. The Hall–Kier alpha value is -0.640. The number of aliphatic hydroxyl groups is 9. The van der Waals surface area contributed by atoms with Crippen molar-refractivity contribution in [1.29, 1.82) is 0 Å². The molecule has 9 N–H and O–H groups in total. The molecule has 0 aromatic heterocycles. The summed E-state index contributed by atoms with van der Waals surface area (Å²) < 4.78 is 41.9. The van der Waals surface area contributed by atoms with Crippen LogP contribution in [0, 0.1) is 11.8 Å². The molecule has 2 aliphatic carbocycles. The zero-order chi connectivity index (χ0) is 32.6. The molecule has 0 bridgehead atoms. The fourth-order valence-electron chi connectivity index (χ4n) is 7.65. The minimum atomic E-state index is -1.64. The van der Waals surface area contributed by atoms with Crippen LogP contribution in [0.2, 0.25) is 0 Å². The molecule has 262 valence electrons. The molecule has 0 aromatic carbocycles. The van der Waals surface area contributed by atoms with Crippen LogP contribution in [0.1, 0.15) is 38.5 Å². The Bertz CT molecular complexity index is 927. The van der Waals surface area contributed by atoms with Crippen molar-refractivity contribution in [3.63, 3.8) is 0 Å². The molecule has 3 saturated heterocycles. The first-order chi connectivity index (χ1) is 21.5. The van der Waals surface area contributed by atoms with Crippen LogP contribution < -0.4 is 0 Å². The second-order valence-corrected chi connectivity index (χ2v) is 13.0. The first kappa shape index (κ1) is 35.7. The minimum absolute atomic E-state index is 0.137. The summed E-state index contributed by atoms with van der Waals surface area (Å²) in [6, 6.07) is 0. The molecule has 5 aliphatic rings. The van der Waals surface area contributed by atoms with Crippen molar-refractivity contribution in [2.24, 2.45) is 11.8 Å². The van der Waals surface area contributed by atoms with Crippen molar-refractivity contribution in [2.75, 3.05) is 27.4 Å². The molecule has 3 aliphatic heterocycles. The number of ether oxygens (including phenoxy) is 7. The molecule has 0 spiro atoms. The van der Waals surface area contributed by atoms with Gasteiger partial charge in [0, 0.05) is 33.0 Å². The third kappa shape index (κ3) is 7.36. The van der Waals surface area contributed by atoms with Gasteiger partial charge in [0.2, 0.25) is 0 Å². The van der Waals surface area contributed by atoms with Crippen molar-refractivity contribution >= 4 is 0 Å². The van der Waals surface area contributed by atoms with E-state index in [-0.39, 0.29) is 17.9 Å². The summed E-state index contributed by atoms with van der Waals surface area (Å²) in [6.45, 7) is -1.23. The third-order valence-electron chi connectivity index (χ3n) is 10.4. The topological polar surface area (TPSA) is 247 Å². The Morgan fingerprint density at radius 3 is 1.69 bits per heavy atom. The number of rotatable bonds is 9. The largest absolute Gasteiger partial charge is 0.394 e. The highest BCUT2D eigenvalue weighted by Crippen LogP contribution is 2.45. The van der Waals surface area contributed by atoms with Gasteiger partial charge in [-0.15, -0.1) is 0 Å². The highest BCUT2D eigenvalue weighted by Gasteiger charge is 2.54. The van der Waals surface area contributed by atoms with E-state index in [1.54, 1.807) is 7.11 Å². The molecule has 16 heteroatoms. The van der Waals surface area contributed by atoms with Crippen molar-refractivity contribution in [3.8, 4) is 0 Å². The van der Waals surface area contributed by atoms with Crippen molar-refractivity contribution in [2.45, 2.75) is 143 Å². The molecule has 5 rings (SSSR count). The van der Waals surface area contributed by atoms with Crippen LogP contribution in [0.4, 0.5) is 0 Å². The van der Waals surface area contributed by atoms with E-state index in [9.17, 15) is 46.0 Å². The minimum Gasteiger partial charge on any atom is -0.394 e. The standard InChI is InChI=1S/C29H50O16/c1-39-12-6-15-13(16(7-12)42-28-25(37)23(35)21(33)19(9-30)44-28)8-18(27(41-15)11-3-4-14(32)17(5-11)40-2)43-29-26(38)24(36)22(34)20(10-31)45-29/h11-38H,3-10H2,1-2H3. The van der Waals surface area contributed by atoms with Gasteiger partial charge in [-0.1, -0.05) is 0 Å². The SMILES string of the molecule is COC1CC(OC2OC(CO)C(O)C(O)C2O)C2CC(OC3OC(CO)C(O)C(O)C3O)C(C3CCC(O)C(OC)C3)OC2C1. The van der Waals surface area contributed by atoms with Crippen molar-refractivity contribution < 1.29 is 79.1 Å². The molecule has 2 saturated carbocycles. The Morgan fingerprint density at radius 1 is 0.578 bits per heavy atom. The Morgan fingerprint density at radius 2 is 1.16 bits per heavy atom. The summed E-state index contributed by atoms with van der Waals surface area (Å²) >= 11 is 0. The zero-order valence-corrected chi connectivity index (χ0v) is 25.5. The molecule has 45 heavy (non-hydrogen) atoms. The van der Waals surface area contributed by atoms with Crippen LogP contribution in [0.25, 0.3) is 0 Å². The van der Waals surface area contributed by atoms with Gasteiger partial charge in [0.25, 0.3) is 0 Å². The van der Waals surface area contributed by atoms with Gasteiger partial charge in [-0.2, -0.15) is 0 Å². The van der Waals surface area contributed by atoms with E-state index in [4.69, 9.17) is 33.2 Å². The maximum atomic E-state index is 10.8. The second kappa shape index (κ2) is 15.3. The first-order valence-corrected chi connectivity index (χ1v) is 15.8. The lowest BCUT2D eigenvalue weighted by atomic mass is 9.72. The quantitative estimate of drug-likeness (QED) is 0.115. The highest BCUT2D eigenvalue weighted by molar-refractivity contribution is 5.00. The predicted octanol–water partition coefficient (Wildman–Crippen LogP) is -3.88. The monoisotopic (exact) mass is 654 g/mol. The van der Waals surface area contributed by atoms with E-state index in [2.05, 4.69) is 0 Å². The number of fused-ring (bicyclic) bond motifs is 1. The maximum Gasteiger partial charge on any atom is 0.187 e. The fraction of sp³-hybridized carbons (Fsp3) is 1.00. The highest BCUT2D eigenvalue weighted by atomic mass is 16.7. The van der Waals surface area contributed by atoms with E-state index < -0.39 is 111 Å². The number of hydrogen-bond acceptors (Lipinski definition) is 16. The van der Waals surface area contributed by atoms with Gasteiger partial charge in [0.1, 0.15) is 48.8 Å². The molecular weight excluding hydrogens is 604 g/mol. The van der Waals surface area contributed by atoms with Gasteiger partial charge >= 0.3 is 0 Å². The summed E-state index contributed by atoms with van der Waals surface area (Å²) in [7, 11) is 3.09. The number of aliphatic hydroxyl groups excluding tert-OH is 9. The van der Waals surface area contributed by atoms with Crippen LogP contribution in [-0.4, -0.2) is 178 Å². The van der Waals surface area contributed by atoms with E-state index in [0.717, 1.165) is 0 Å². The van der Waals surface area contributed by atoms with Crippen LogP contribution in [0.3, 0.4) is 0 Å². The van der Waals surface area contributed by atoms with Gasteiger partial charge in [0.05, 0.1) is 55.9 Å². The number of methoxy groups -OCH3 is 2. The Labute approximate surface area is 261 Å². The Balaban J connectivity index is 1.40. The van der Waals surface area contributed by atoms with Crippen LogP contribution in [0.5, 0.6) is 0 Å². The molecule has 0 aromatic rings. The molecule has 0 radical (unpaired) electrons. The van der Waals surface area contributed by atoms with E-state index in [1.807, 2.05) is 0 Å². The molecule has 19 unspecified atom stereocenters. The molecule has 3 heterocycles. The van der Waals surface area contributed by atoms with Crippen LogP contribution in [0.15, 0.2) is 0 Å². The lowest BCUT2D eigenvalue weighted by Crippen LogP contribution is -2.63. The van der Waals surface area contributed by atoms with Gasteiger partial charge < -0.3 is 79.1 Å². The predicted molar refractivity (Wildman–Crippen MR) is 148 cm³/mol. The molecule has 16 nitrogen and oxygen atoms in total. The third-order valence-corrected chi connectivity index (χ3v) is 10.4. The van der Waals surface area contributed by atoms with Crippen LogP contribution >= 0.6 is 0 Å². The Kier molecular flexibility index (Phi) is 12.1. The average molecular weight is 655 g/mol. The molecule has 0 amide bonds. The van der Waals surface area contributed by atoms with Crippen molar-refractivity contribution in [3.05, 3.63) is 0 Å². The summed E-state index contributed by atoms with van der Waals surface area (Å²) in [6.07, 6.45) is -15.9. The van der Waals surface area contributed by atoms with Gasteiger partial charge in [-0.05, 0) is 31.6 Å². The van der Waals surface area contributed by atoms with E-state index in [1.165, 1.54) is 7.11 Å². The lowest BCUT2D eigenvalue weighted by molar-refractivity contribution is -0.345. The van der Waals surface area contributed by atoms with E-state index >= 15 is 0 Å². The normalized spacial score (nSPS) is 52.7. The second-order valence-electron chi connectivity index (χ2n) is 13.0. The fourth-order valence-corrected chi connectivity index (χ4v) is 7.65. The summed E-state index contributed by atoms with van der Waals surface area (Å²) in [5.41, 5.74) is 0. The summed E-state index contributed by atoms with van der Waals surface area (Å²) in [5, 5.41) is 92.5. The maximum absolute atomic E-state index is 10.8. The van der Waals surface area contributed by atoms with E-state index in [0.29, 0.717) is 38.5 Å². The van der Waals surface area contributed by atoms with Crippen molar-refractivity contribution in [1.82, 2.24) is 0 Å². The lowest BCUT2D eigenvalue weighted by Gasteiger charge is -2.53. The first-order valence-electron chi connectivity index (χ1n) is 15.8. The van der Waals surface area contributed by atoms with Crippen LogP contribution in [-0.2, 0) is 33.2 Å². The molecule has 5 fully saturated rings. The average Bonchev–Trinajstić information content (AvgIpc) is 3.05. The molecule has 19 atom stereocenters. The van der Waals surface area contributed by atoms with Gasteiger partial charge in [-0.25, -0.2) is 0 Å². The molecular formula is C29H50O16. The summed E-state index contributed by atoms with van der Waals surface area (Å²) in [5.74, 6) is -0.524. The number of hydrogen-bond donors (Lipinski definition) is 9. The van der Waals surface area contributed by atoms with Gasteiger partial charge in [-0.3, -0.25) is 0 Å².